The zero-order chi connectivity index (χ0) is 14.2. The van der Waals surface area contributed by atoms with E-state index in [-0.39, 0.29) is 12.1 Å². The molecule has 0 aliphatic rings. The van der Waals surface area contributed by atoms with Crippen molar-refractivity contribution >= 4 is 0 Å². The maximum absolute atomic E-state index is 9.16. The van der Waals surface area contributed by atoms with E-state index < -0.39 is 0 Å². The van der Waals surface area contributed by atoms with Crippen LogP contribution < -0.4 is 5.32 Å². The van der Waals surface area contributed by atoms with E-state index in [0.29, 0.717) is 6.04 Å². The third kappa shape index (κ3) is 7.85. The molecule has 0 atom stereocenters. The molecule has 0 spiro atoms. The van der Waals surface area contributed by atoms with E-state index in [9.17, 15) is 0 Å². The Bertz CT molecular complexity index is 229. The number of hydrogen-bond acceptors (Lipinski definition) is 3. The van der Waals surface area contributed by atoms with Crippen molar-refractivity contribution in [1.29, 1.82) is 0 Å². The molecule has 0 fully saturated rings. The van der Waals surface area contributed by atoms with Gasteiger partial charge < -0.3 is 10.4 Å². The summed E-state index contributed by atoms with van der Waals surface area (Å²) in [5, 5.41) is 12.6. The van der Waals surface area contributed by atoms with Crippen molar-refractivity contribution in [2.24, 2.45) is 0 Å². The van der Waals surface area contributed by atoms with Crippen LogP contribution in [0.25, 0.3) is 0 Å². The quantitative estimate of drug-likeness (QED) is 0.622. The lowest BCUT2D eigenvalue weighted by Gasteiger charge is -2.31. The van der Waals surface area contributed by atoms with E-state index in [1.165, 1.54) is 5.57 Å². The molecule has 0 aromatic heterocycles. The van der Waals surface area contributed by atoms with Crippen molar-refractivity contribution in [3.05, 3.63) is 12.2 Å². The molecule has 0 bridgehead atoms. The maximum Gasteiger partial charge on any atom is 0.0558 e. The van der Waals surface area contributed by atoms with Crippen LogP contribution in [-0.4, -0.2) is 47.8 Å². The zero-order valence-electron chi connectivity index (χ0n) is 12.9. The fourth-order valence-electron chi connectivity index (χ4n) is 2.06. The summed E-state index contributed by atoms with van der Waals surface area (Å²) in [5.74, 6) is 0. The van der Waals surface area contributed by atoms with Crippen LogP contribution in [0.2, 0.25) is 0 Å². The van der Waals surface area contributed by atoms with Gasteiger partial charge in [-0.05, 0) is 39.2 Å². The largest absolute Gasteiger partial charge is 0.395 e. The number of nitrogens with zero attached hydrogens (tertiary/aromatic N) is 1. The molecule has 0 amide bonds. The summed E-state index contributed by atoms with van der Waals surface area (Å²) in [5.41, 5.74) is 1.31. The molecule has 0 aliphatic heterocycles. The van der Waals surface area contributed by atoms with Gasteiger partial charge in [-0.1, -0.05) is 20.4 Å². The highest BCUT2D eigenvalue weighted by Gasteiger charge is 2.16. The number of aliphatic hydroxyl groups is 1. The Morgan fingerprint density at radius 3 is 2.22 bits per heavy atom. The molecule has 0 radical (unpaired) electrons. The van der Waals surface area contributed by atoms with Crippen molar-refractivity contribution in [2.75, 3.05) is 26.2 Å². The molecule has 0 rings (SSSR count). The molecule has 0 unspecified atom stereocenters. The molecule has 2 N–H and O–H groups in total. The lowest BCUT2D eigenvalue weighted by Crippen LogP contribution is -2.42. The molecule has 0 aliphatic carbocycles. The van der Waals surface area contributed by atoms with Crippen LogP contribution in [-0.2, 0) is 0 Å². The van der Waals surface area contributed by atoms with Crippen molar-refractivity contribution in [2.45, 2.75) is 59.0 Å². The summed E-state index contributed by atoms with van der Waals surface area (Å²) in [6.07, 6.45) is 2.24. The Labute approximate surface area is 113 Å². The monoisotopic (exact) mass is 256 g/mol. The van der Waals surface area contributed by atoms with Crippen LogP contribution in [0.1, 0.15) is 47.5 Å². The number of rotatable bonds is 9. The van der Waals surface area contributed by atoms with Gasteiger partial charge in [0.25, 0.3) is 0 Å². The molecule has 108 valence electrons. The van der Waals surface area contributed by atoms with Gasteiger partial charge in [-0.2, -0.15) is 0 Å². The van der Waals surface area contributed by atoms with Crippen LogP contribution in [0.5, 0.6) is 0 Å². The van der Waals surface area contributed by atoms with Crippen molar-refractivity contribution in [3.8, 4) is 0 Å². The Hall–Kier alpha value is -0.380. The summed E-state index contributed by atoms with van der Waals surface area (Å²) in [6, 6.07) is 0.545. The Kier molecular flexibility index (Phi) is 8.49. The molecule has 0 aromatic carbocycles. The van der Waals surface area contributed by atoms with E-state index in [0.717, 1.165) is 32.5 Å². The lowest BCUT2D eigenvalue weighted by molar-refractivity contribution is 0.153. The third-order valence-corrected chi connectivity index (χ3v) is 3.14. The predicted molar refractivity (Wildman–Crippen MR) is 79.9 cm³/mol. The minimum absolute atomic E-state index is 0.125. The average molecular weight is 256 g/mol. The summed E-state index contributed by atoms with van der Waals surface area (Å²) in [6.45, 7) is 17.7. The van der Waals surface area contributed by atoms with Crippen LogP contribution in [0.3, 0.4) is 0 Å². The first-order chi connectivity index (χ1) is 8.34. The van der Waals surface area contributed by atoms with Gasteiger partial charge in [0.15, 0.2) is 0 Å². The van der Waals surface area contributed by atoms with Gasteiger partial charge in [0.1, 0.15) is 0 Å². The first kappa shape index (κ1) is 17.6. The number of nitrogens with one attached hydrogen (secondary N) is 1. The predicted octanol–water partition coefficient (Wildman–Crippen LogP) is 2.41. The summed E-state index contributed by atoms with van der Waals surface area (Å²) < 4.78 is 0. The minimum Gasteiger partial charge on any atom is -0.395 e. The van der Waals surface area contributed by atoms with Crippen molar-refractivity contribution in [3.63, 3.8) is 0 Å². The van der Waals surface area contributed by atoms with Gasteiger partial charge in [-0.15, -0.1) is 0 Å². The number of hydrogen-bond donors (Lipinski definition) is 2. The van der Waals surface area contributed by atoms with Crippen molar-refractivity contribution in [1.82, 2.24) is 10.2 Å². The van der Waals surface area contributed by atoms with Crippen LogP contribution in [0.15, 0.2) is 12.2 Å². The van der Waals surface area contributed by atoms with Crippen molar-refractivity contribution < 1.29 is 5.11 Å². The molecular formula is C15H32N2O. The third-order valence-electron chi connectivity index (χ3n) is 3.14. The van der Waals surface area contributed by atoms with Gasteiger partial charge in [0.2, 0.25) is 0 Å². The standard InChI is InChI=1S/C15H32N2O/c1-7-14(8-2)17(9-10-18)12-13(3)11-16-15(4,5)6/h14,16,18H,3,7-12H2,1-2,4-6H3. The Balaban J connectivity index is 4.27. The SMILES string of the molecule is C=C(CNC(C)(C)C)CN(CCO)C(CC)CC. The average Bonchev–Trinajstić information content (AvgIpc) is 2.27. The zero-order valence-corrected chi connectivity index (χ0v) is 12.9. The van der Waals surface area contributed by atoms with Crippen LogP contribution in [0.4, 0.5) is 0 Å². The molecule has 0 aromatic rings. The highest BCUT2D eigenvalue weighted by Crippen LogP contribution is 2.10. The second-order valence-electron chi connectivity index (χ2n) is 6.02. The summed E-state index contributed by atoms with van der Waals surface area (Å²) >= 11 is 0. The van der Waals surface area contributed by atoms with Gasteiger partial charge >= 0.3 is 0 Å². The van der Waals surface area contributed by atoms with E-state index in [1.54, 1.807) is 0 Å². The normalized spacial score (nSPS) is 12.4. The van der Waals surface area contributed by atoms with E-state index in [4.69, 9.17) is 5.11 Å². The molecule has 0 saturated heterocycles. The highest BCUT2D eigenvalue weighted by atomic mass is 16.3. The van der Waals surface area contributed by atoms with Gasteiger partial charge in [-0.3, -0.25) is 4.90 Å². The first-order valence-electron chi connectivity index (χ1n) is 7.10. The molecule has 0 heterocycles. The van der Waals surface area contributed by atoms with Crippen LogP contribution >= 0.6 is 0 Å². The Morgan fingerprint density at radius 1 is 1.28 bits per heavy atom. The highest BCUT2D eigenvalue weighted by molar-refractivity contribution is 5.01. The fraction of sp³-hybridized carbons (Fsp3) is 0.867. The minimum atomic E-state index is 0.125. The Morgan fingerprint density at radius 2 is 1.83 bits per heavy atom. The molecule has 3 heteroatoms. The second kappa shape index (κ2) is 8.68. The fourth-order valence-corrected chi connectivity index (χ4v) is 2.06. The van der Waals surface area contributed by atoms with Gasteiger partial charge in [0, 0.05) is 31.2 Å². The second-order valence-corrected chi connectivity index (χ2v) is 6.02. The van der Waals surface area contributed by atoms with E-state index in [1.807, 2.05) is 0 Å². The smallest absolute Gasteiger partial charge is 0.0558 e. The lowest BCUT2D eigenvalue weighted by atomic mass is 10.1. The van der Waals surface area contributed by atoms with E-state index >= 15 is 0 Å². The summed E-state index contributed by atoms with van der Waals surface area (Å²) in [4.78, 5) is 2.34. The van der Waals surface area contributed by atoms with Crippen LogP contribution in [0, 0.1) is 0 Å². The molecule has 18 heavy (non-hydrogen) atoms. The number of aliphatic hydroxyl groups excluding tert-OH is 1. The summed E-state index contributed by atoms with van der Waals surface area (Å²) in [7, 11) is 0. The van der Waals surface area contributed by atoms with E-state index in [2.05, 4.69) is 51.4 Å². The first-order valence-corrected chi connectivity index (χ1v) is 7.10. The molecule has 0 saturated carbocycles. The van der Waals surface area contributed by atoms with Gasteiger partial charge in [0.05, 0.1) is 6.61 Å². The molecular weight excluding hydrogens is 224 g/mol. The molecule has 3 nitrogen and oxygen atoms in total. The topological polar surface area (TPSA) is 35.5 Å². The van der Waals surface area contributed by atoms with Gasteiger partial charge in [-0.25, -0.2) is 0 Å². The maximum atomic E-state index is 9.16.